The van der Waals surface area contributed by atoms with E-state index in [0.29, 0.717) is 23.3 Å². The van der Waals surface area contributed by atoms with E-state index in [2.05, 4.69) is 84.3 Å². The van der Waals surface area contributed by atoms with Gasteiger partial charge in [-0.25, -0.2) is 9.67 Å². The standard InChI is InChI=1S/C40H34N4O2.Pt/c1-27-22-23-41-37(24-27)43-35-19-10-9-18-33(35)34-21-20-32(26-36(34)43)46-31-17-11-16-30(25-31)44-40(45-2)38(28-12-5-3-6-13-28)39(42-44)29-14-7-4-8-15-29;/h3,5-6,9-13,16-24,29H,4,7-8,14-15H2,1-2H3;/q-2;+2. The largest absolute Gasteiger partial charge is 2.00 e. The van der Waals surface area contributed by atoms with Crippen LogP contribution in [-0.2, 0) is 21.1 Å². The Morgan fingerprint density at radius 1 is 0.787 bits per heavy atom. The number of pyridine rings is 1. The van der Waals surface area contributed by atoms with Crippen LogP contribution in [0.1, 0.15) is 49.3 Å². The number of hydrogen-bond donors (Lipinski definition) is 0. The molecule has 0 aliphatic heterocycles. The molecule has 1 saturated carbocycles. The third-order valence-corrected chi connectivity index (χ3v) is 9.01. The zero-order valence-electron chi connectivity index (χ0n) is 26.3. The van der Waals surface area contributed by atoms with Gasteiger partial charge in [-0.1, -0.05) is 73.3 Å². The second kappa shape index (κ2) is 13.2. The topological polar surface area (TPSA) is 54.1 Å². The average Bonchev–Trinajstić information content (AvgIpc) is 3.65. The fourth-order valence-corrected chi connectivity index (χ4v) is 6.86. The van der Waals surface area contributed by atoms with Crippen LogP contribution in [-0.4, -0.2) is 26.4 Å². The van der Waals surface area contributed by atoms with Crippen molar-refractivity contribution >= 4 is 21.8 Å². The summed E-state index contributed by atoms with van der Waals surface area (Å²) in [5, 5.41) is 7.44. The van der Waals surface area contributed by atoms with E-state index in [1.807, 2.05) is 47.3 Å². The van der Waals surface area contributed by atoms with Gasteiger partial charge in [0.15, 0.2) is 0 Å². The summed E-state index contributed by atoms with van der Waals surface area (Å²) in [5.74, 6) is 3.13. The maximum Gasteiger partial charge on any atom is 2.00 e. The van der Waals surface area contributed by atoms with Gasteiger partial charge in [0.1, 0.15) is 5.82 Å². The molecule has 4 aromatic carbocycles. The molecule has 0 atom stereocenters. The molecule has 8 rings (SSSR count). The fourth-order valence-electron chi connectivity index (χ4n) is 6.86. The number of ether oxygens (including phenoxy) is 2. The molecule has 1 aliphatic rings. The van der Waals surface area contributed by atoms with Crippen LogP contribution < -0.4 is 9.47 Å². The van der Waals surface area contributed by atoms with Crippen molar-refractivity contribution in [2.24, 2.45) is 0 Å². The quantitative estimate of drug-likeness (QED) is 0.151. The summed E-state index contributed by atoms with van der Waals surface area (Å²) >= 11 is 0. The van der Waals surface area contributed by atoms with Crippen molar-refractivity contribution in [3.05, 3.63) is 127 Å². The summed E-state index contributed by atoms with van der Waals surface area (Å²) in [6, 6.07) is 39.9. The predicted octanol–water partition coefficient (Wildman–Crippen LogP) is 9.79. The van der Waals surface area contributed by atoms with Gasteiger partial charge < -0.3 is 14.0 Å². The van der Waals surface area contributed by atoms with Crippen LogP contribution in [0, 0.1) is 19.1 Å². The Morgan fingerprint density at radius 3 is 2.38 bits per heavy atom. The maximum absolute atomic E-state index is 6.44. The summed E-state index contributed by atoms with van der Waals surface area (Å²) in [6.45, 7) is 2.08. The molecule has 0 amide bonds. The molecule has 0 bridgehead atoms. The summed E-state index contributed by atoms with van der Waals surface area (Å²) in [5.41, 5.74) is 7.15. The number of rotatable bonds is 7. The van der Waals surface area contributed by atoms with Crippen LogP contribution in [0.4, 0.5) is 0 Å². The Labute approximate surface area is 289 Å². The minimum absolute atomic E-state index is 0. The molecule has 0 radical (unpaired) electrons. The van der Waals surface area contributed by atoms with Crippen molar-refractivity contribution in [2.75, 3.05) is 7.11 Å². The zero-order valence-corrected chi connectivity index (χ0v) is 28.6. The van der Waals surface area contributed by atoms with E-state index >= 15 is 0 Å². The van der Waals surface area contributed by atoms with Gasteiger partial charge in [-0.05, 0) is 60.2 Å². The Kier molecular flexibility index (Phi) is 8.70. The van der Waals surface area contributed by atoms with E-state index in [1.165, 1.54) is 19.3 Å². The summed E-state index contributed by atoms with van der Waals surface area (Å²) < 4.78 is 16.6. The monoisotopic (exact) mass is 797 g/mol. The first kappa shape index (κ1) is 31.0. The summed E-state index contributed by atoms with van der Waals surface area (Å²) in [4.78, 5) is 4.70. The SMILES string of the molecule is COc1c(-c2ccccc2)c(C2CCCCC2)nn1-c1[c-]c(Oc2[c-]c3c(cc2)c2ccccc2n3-c2cc(C)ccn2)ccc1.[Pt+2]. The molecule has 7 aromatic rings. The second-order valence-electron chi connectivity index (χ2n) is 12.0. The molecule has 0 spiro atoms. The molecule has 0 unspecified atom stereocenters. The first-order valence-electron chi connectivity index (χ1n) is 16.0. The second-order valence-corrected chi connectivity index (χ2v) is 12.0. The smallest absolute Gasteiger partial charge is 0.509 e. The van der Waals surface area contributed by atoms with Crippen molar-refractivity contribution in [1.29, 1.82) is 0 Å². The molecule has 1 fully saturated rings. The first-order chi connectivity index (χ1) is 22.7. The van der Waals surface area contributed by atoms with Crippen molar-refractivity contribution in [2.45, 2.75) is 44.9 Å². The van der Waals surface area contributed by atoms with Crippen LogP contribution in [0.2, 0.25) is 0 Å². The normalized spacial score (nSPS) is 13.5. The molecule has 0 saturated heterocycles. The van der Waals surface area contributed by atoms with Gasteiger partial charge in [0.25, 0.3) is 0 Å². The molecule has 3 heterocycles. The number of methoxy groups -OCH3 is 1. The van der Waals surface area contributed by atoms with Crippen LogP contribution in [0.25, 0.3) is 44.4 Å². The predicted molar refractivity (Wildman–Crippen MR) is 182 cm³/mol. The van der Waals surface area contributed by atoms with Gasteiger partial charge in [0.05, 0.1) is 18.4 Å². The van der Waals surface area contributed by atoms with Gasteiger partial charge in [-0.15, -0.1) is 35.7 Å². The third-order valence-electron chi connectivity index (χ3n) is 9.01. The van der Waals surface area contributed by atoms with Gasteiger partial charge in [0.2, 0.25) is 5.88 Å². The van der Waals surface area contributed by atoms with Crippen LogP contribution in [0.15, 0.2) is 103 Å². The Balaban J connectivity index is 0.00000351. The number of fused-ring (bicyclic) bond motifs is 3. The van der Waals surface area contributed by atoms with E-state index in [9.17, 15) is 0 Å². The number of aryl methyl sites for hydroxylation is 1. The Bertz CT molecular complexity index is 2180. The summed E-state index contributed by atoms with van der Waals surface area (Å²) in [7, 11) is 1.72. The molecule has 47 heavy (non-hydrogen) atoms. The molecule has 3 aromatic heterocycles. The minimum atomic E-state index is 0. The van der Waals surface area contributed by atoms with Gasteiger partial charge in [-0.3, -0.25) is 0 Å². The number of benzene rings is 4. The minimum Gasteiger partial charge on any atom is -0.509 e. The molecular weight excluding hydrogens is 764 g/mol. The average molecular weight is 798 g/mol. The third kappa shape index (κ3) is 5.76. The van der Waals surface area contributed by atoms with E-state index < -0.39 is 0 Å². The van der Waals surface area contributed by atoms with Crippen LogP contribution in [0.3, 0.4) is 0 Å². The zero-order chi connectivity index (χ0) is 31.0. The molecule has 7 heteroatoms. The molecule has 236 valence electrons. The van der Waals surface area contributed by atoms with Crippen molar-refractivity contribution in [1.82, 2.24) is 19.3 Å². The Morgan fingerprint density at radius 2 is 1.57 bits per heavy atom. The van der Waals surface area contributed by atoms with Gasteiger partial charge in [-0.2, -0.15) is 17.2 Å². The van der Waals surface area contributed by atoms with Gasteiger partial charge >= 0.3 is 21.1 Å². The molecule has 1 aliphatic carbocycles. The van der Waals surface area contributed by atoms with Crippen molar-refractivity contribution in [3.63, 3.8) is 0 Å². The Hall–Kier alpha value is -4.67. The number of aromatic nitrogens is 4. The number of para-hydroxylation sites is 1. The molecule has 0 N–H and O–H groups in total. The van der Waals surface area contributed by atoms with Crippen LogP contribution >= 0.6 is 0 Å². The number of nitrogens with zero attached hydrogens (tertiary/aromatic N) is 4. The first-order valence-corrected chi connectivity index (χ1v) is 16.0. The van der Waals surface area contributed by atoms with E-state index in [4.69, 9.17) is 19.6 Å². The maximum atomic E-state index is 6.44. The van der Waals surface area contributed by atoms with Gasteiger partial charge in [0, 0.05) is 29.1 Å². The molecule has 6 nitrogen and oxygen atoms in total. The van der Waals surface area contributed by atoms with Crippen molar-refractivity contribution in [3.8, 4) is 40.0 Å². The fraction of sp³-hybridized carbons (Fsp3) is 0.200. The van der Waals surface area contributed by atoms with E-state index in [-0.39, 0.29) is 21.1 Å². The summed E-state index contributed by atoms with van der Waals surface area (Å²) in [6.07, 6.45) is 7.86. The van der Waals surface area contributed by atoms with E-state index in [0.717, 1.165) is 68.5 Å². The van der Waals surface area contributed by atoms with Crippen LogP contribution in [0.5, 0.6) is 17.4 Å². The number of hydrogen-bond acceptors (Lipinski definition) is 4. The molecular formula is C40H34N4O2Pt. The van der Waals surface area contributed by atoms with E-state index in [1.54, 1.807) is 7.11 Å². The van der Waals surface area contributed by atoms with Crippen molar-refractivity contribution < 1.29 is 30.5 Å².